The molecule has 1 aromatic carbocycles. The van der Waals surface area contributed by atoms with E-state index in [9.17, 15) is 8.42 Å². The van der Waals surface area contributed by atoms with Gasteiger partial charge in [-0.3, -0.25) is 0 Å². The quantitative estimate of drug-likeness (QED) is 0.719. The number of hydrogen-bond donors (Lipinski definition) is 3. The smallest absolute Gasteiger partial charge is 0.241 e. The Morgan fingerprint density at radius 3 is 2.76 bits per heavy atom. The second-order valence-corrected chi connectivity index (χ2v) is 6.52. The van der Waals surface area contributed by atoms with E-state index >= 15 is 0 Å². The standard InChI is InChI=1S/C14H20N4O2S/c1-3-15-7-12-5-4-11(2)14(6-12)21(19,20)18-9-13-8-16-10-17-13/h4-6,8,10,15,18H,3,7,9H2,1-2H3,(H,16,17). The summed E-state index contributed by atoms with van der Waals surface area (Å²) in [4.78, 5) is 7.05. The number of H-pyrrole nitrogens is 1. The van der Waals surface area contributed by atoms with Crippen LogP contribution in [-0.4, -0.2) is 24.9 Å². The van der Waals surface area contributed by atoms with Crippen LogP contribution in [0.3, 0.4) is 0 Å². The molecule has 6 nitrogen and oxygen atoms in total. The van der Waals surface area contributed by atoms with Crippen LogP contribution < -0.4 is 10.0 Å². The van der Waals surface area contributed by atoms with Crippen molar-refractivity contribution >= 4 is 10.0 Å². The van der Waals surface area contributed by atoms with Gasteiger partial charge < -0.3 is 10.3 Å². The van der Waals surface area contributed by atoms with Gasteiger partial charge in [0.2, 0.25) is 10.0 Å². The predicted octanol–water partition coefficient (Wildman–Crippen LogP) is 1.31. The lowest BCUT2D eigenvalue weighted by atomic mass is 10.1. The van der Waals surface area contributed by atoms with Gasteiger partial charge in [-0.25, -0.2) is 18.1 Å². The molecule has 0 aliphatic carbocycles. The predicted molar refractivity (Wildman–Crippen MR) is 81.2 cm³/mol. The molecular formula is C14H20N4O2S. The van der Waals surface area contributed by atoms with E-state index in [1.54, 1.807) is 19.2 Å². The Morgan fingerprint density at radius 2 is 2.10 bits per heavy atom. The lowest BCUT2D eigenvalue weighted by molar-refractivity contribution is 0.579. The molecule has 1 aromatic heterocycles. The molecule has 0 radical (unpaired) electrons. The fourth-order valence-corrected chi connectivity index (χ4v) is 3.24. The highest BCUT2D eigenvalue weighted by Gasteiger charge is 2.17. The Morgan fingerprint density at radius 1 is 1.29 bits per heavy atom. The maximum absolute atomic E-state index is 12.4. The van der Waals surface area contributed by atoms with Crippen molar-refractivity contribution in [1.29, 1.82) is 0 Å². The first-order valence-corrected chi connectivity index (χ1v) is 8.28. The van der Waals surface area contributed by atoms with E-state index in [1.165, 1.54) is 6.33 Å². The molecule has 0 saturated carbocycles. The summed E-state index contributed by atoms with van der Waals surface area (Å²) < 4.78 is 27.4. The van der Waals surface area contributed by atoms with E-state index in [0.29, 0.717) is 11.4 Å². The lowest BCUT2D eigenvalue weighted by Gasteiger charge is -2.11. The normalized spacial score (nSPS) is 11.7. The molecule has 2 aromatic rings. The summed E-state index contributed by atoms with van der Waals surface area (Å²) in [5, 5.41) is 3.19. The highest BCUT2D eigenvalue weighted by Crippen LogP contribution is 2.17. The summed E-state index contributed by atoms with van der Waals surface area (Å²) in [6, 6.07) is 5.48. The van der Waals surface area contributed by atoms with Crippen molar-refractivity contribution in [2.75, 3.05) is 6.54 Å². The molecule has 0 saturated heterocycles. The zero-order chi connectivity index (χ0) is 15.3. The maximum atomic E-state index is 12.4. The molecule has 114 valence electrons. The molecule has 0 aliphatic rings. The fourth-order valence-electron chi connectivity index (χ4n) is 1.95. The Balaban J connectivity index is 2.17. The van der Waals surface area contributed by atoms with Gasteiger partial charge in [0, 0.05) is 18.4 Å². The zero-order valence-corrected chi connectivity index (χ0v) is 13.0. The molecule has 0 amide bonds. The summed E-state index contributed by atoms with van der Waals surface area (Å²) >= 11 is 0. The fraction of sp³-hybridized carbons (Fsp3) is 0.357. The molecule has 0 atom stereocenters. The van der Waals surface area contributed by atoms with E-state index in [-0.39, 0.29) is 6.54 Å². The largest absolute Gasteiger partial charge is 0.347 e. The summed E-state index contributed by atoms with van der Waals surface area (Å²) in [6.07, 6.45) is 3.11. The van der Waals surface area contributed by atoms with Crippen LogP contribution >= 0.6 is 0 Å². The molecule has 0 aliphatic heterocycles. The van der Waals surface area contributed by atoms with Gasteiger partial charge in [0.1, 0.15) is 0 Å². The van der Waals surface area contributed by atoms with Gasteiger partial charge in [-0.1, -0.05) is 19.1 Å². The first kappa shape index (κ1) is 15.7. The van der Waals surface area contributed by atoms with E-state index in [4.69, 9.17) is 0 Å². The minimum absolute atomic E-state index is 0.194. The maximum Gasteiger partial charge on any atom is 0.241 e. The van der Waals surface area contributed by atoms with Crippen molar-refractivity contribution in [2.24, 2.45) is 0 Å². The van der Waals surface area contributed by atoms with Gasteiger partial charge in [0.25, 0.3) is 0 Å². The minimum atomic E-state index is -3.54. The molecule has 0 spiro atoms. The number of benzene rings is 1. The molecule has 0 bridgehead atoms. The highest BCUT2D eigenvalue weighted by molar-refractivity contribution is 7.89. The number of imidazole rings is 1. The number of sulfonamides is 1. The Kier molecular flexibility index (Phi) is 5.11. The monoisotopic (exact) mass is 308 g/mol. The van der Waals surface area contributed by atoms with Gasteiger partial charge in [-0.05, 0) is 30.7 Å². The van der Waals surface area contributed by atoms with Gasteiger partial charge in [0.05, 0.1) is 17.8 Å². The second kappa shape index (κ2) is 6.84. The van der Waals surface area contributed by atoms with Gasteiger partial charge >= 0.3 is 0 Å². The van der Waals surface area contributed by atoms with E-state index in [0.717, 1.165) is 23.4 Å². The zero-order valence-electron chi connectivity index (χ0n) is 12.2. The first-order valence-electron chi connectivity index (χ1n) is 6.80. The number of aromatic nitrogens is 2. The molecule has 0 unspecified atom stereocenters. The molecule has 3 N–H and O–H groups in total. The topological polar surface area (TPSA) is 86.9 Å². The van der Waals surface area contributed by atoms with E-state index in [1.807, 2.05) is 19.1 Å². The summed E-state index contributed by atoms with van der Waals surface area (Å²) in [5.41, 5.74) is 2.40. The number of hydrogen-bond acceptors (Lipinski definition) is 4. The summed E-state index contributed by atoms with van der Waals surface area (Å²) in [7, 11) is -3.54. The first-order chi connectivity index (χ1) is 10.0. The molecule has 0 fully saturated rings. The Bertz CT molecular complexity index is 681. The average molecular weight is 308 g/mol. The van der Waals surface area contributed by atoms with Crippen molar-refractivity contribution in [2.45, 2.75) is 31.8 Å². The van der Waals surface area contributed by atoms with Crippen LogP contribution in [0.1, 0.15) is 23.7 Å². The minimum Gasteiger partial charge on any atom is -0.347 e. The van der Waals surface area contributed by atoms with Crippen LogP contribution in [0.25, 0.3) is 0 Å². The van der Waals surface area contributed by atoms with E-state index < -0.39 is 10.0 Å². The molecule has 2 rings (SSSR count). The van der Waals surface area contributed by atoms with Crippen molar-refractivity contribution in [3.05, 3.63) is 47.5 Å². The molecule has 21 heavy (non-hydrogen) atoms. The van der Waals surface area contributed by atoms with Crippen LogP contribution in [0.2, 0.25) is 0 Å². The number of aryl methyl sites for hydroxylation is 1. The third-order valence-corrected chi connectivity index (χ3v) is 4.67. The van der Waals surface area contributed by atoms with Crippen molar-refractivity contribution < 1.29 is 8.42 Å². The number of nitrogens with one attached hydrogen (secondary N) is 3. The van der Waals surface area contributed by atoms with Crippen molar-refractivity contribution in [1.82, 2.24) is 20.0 Å². The molecule has 7 heteroatoms. The van der Waals surface area contributed by atoms with Crippen LogP contribution in [0.5, 0.6) is 0 Å². The summed E-state index contributed by atoms with van der Waals surface area (Å²) in [5.74, 6) is 0. The van der Waals surface area contributed by atoms with Gasteiger partial charge in [-0.15, -0.1) is 0 Å². The Hall–Kier alpha value is -1.70. The number of aromatic amines is 1. The van der Waals surface area contributed by atoms with Crippen molar-refractivity contribution in [3.63, 3.8) is 0 Å². The van der Waals surface area contributed by atoms with Crippen LogP contribution in [0, 0.1) is 6.92 Å². The summed E-state index contributed by atoms with van der Waals surface area (Å²) in [6.45, 7) is 5.49. The molecule has 1 heterocycles. The molecular weight excluding hydrogens is 288 g/mol. The number of rotatable bonds is 7. The highest BCUT2D eigenvalue weighted by atomic mass is 32.2. The number of nitrogens with zero attached hydrogens (tertiary/aromatic N) is 1. The third kappa shape index (κ3) is 4.13. The lowest BCUT2D eigenvalue weighted by Crippen LogP contribution is -2.24. The van der Waals surface area contributed by atoms with Crippen LogP contribution in [-0.2, 0) is 23.1 Å². The van der Waals surface area contributed by atoms with Crippen LogP contribution in [0.15, 0.2) is 35.6 Å². The third-order valence-electron chi connectivity index (χ3n) is 3.13. The Labute approximate surface area is 125 Å². The van der Waals surface area contributed by atoms with Crippen LogP contribution in [0.4, 0.5) is 0 Å². The van der Waals surface area contributed by atoms with E-state index in [2.05, 4.69) is 20.0 Å². The SMILES string of the molecule is CCNCc1ccc(C)c(S(=O)(=O)NCc2cnc[nH]2)c1. The average Bonchev–Trinajstić information content (AvgIpc) is 2.97. The second-order valence-electron chi connectivity index (χ2n) is 4.78. The van der Waals surface area contributed by atoms with Gasteiger partial charge in [0.15, 0.2) is 0 Å². The van der Waals surface area contributed by atoms with Gasteiger partial charge in [-0.2, -0.15) is 0 Å². The van der Waals surface area contributed by atoms with Crippen molar-refractivity contribution in [3.8, 4) is 0 Å².